The molecule has 0 radical (unpaired) electrons. The van der Waals surface area contributed by atoms with E-state index in [-0.39, 0.29) is 29.1 Å². The number of rotatable bonds is 6. The van der Waals surface area contributed by atoms with Crippen molar-refractivity contribution in [2.75, 3.05) is 30.8 Å². The van der Waals surface area contributed by atoms with Gasteiger partial charge in [0.2, 0.25) is 11.8 Å². The monoisotopic (exact) mass is 522 g/mol. The highest BCUT2D eigenvalue weighted by molar-refractivity contribution is 6.32. The summed E-state index contributed by atoms with van der Waals surface area (Å²) in [5.74, 6) is -1.93. The van der Waals surface area contributed by atoms with E-state index in [1.54, 1.807) is 31.2 Å². The molecule has 0 spiro atoms. The Labute approximate surface area is 218 Å². The Hall–Kier alpha value is -3.94. The second-order valence-corrected chi connectivity index (χ2v) is 9.43. The van der Waals surface area contributed by atoms with Crippen molar-refractivity contribution in [2.24, 2.45) is 11.8 Å². The highest BCUT2D eigenvalue weighted by Gasteiger charge is 2.40. The molecule has 3 aromatic rings. The minimum atomic E-state index is -0.633. The zero-order valence-electron chi connectivity index (χ0n) is 20.7. The predicted molar refractivity (Wildman–Crippen MR) is 142 cm³/mol. The fourth-order valence-corrected chi connectivity index (χ4v) is 4.99. The van der Waals surface area contributed by atoms with Gasteiger partial charge >= 0.3 is 5.69 Å². The summed E-state index contributed by atoms with van der Waals surface area (Å²) in [6, 6.07) is 11.4. The van der Waals surface area contributed by atoms with E-state index in [2.05, 4.69) is 10.6 Å². The number of nitriles is 1. The number of nitrogens with zero attached hydrogens (tertiary/aromatic N) is 4. The van der Waals surface area contributed by atoms with Crippen molar-refractivity contribution in [3.8, 4) is 6.07 Å². The van der Waals surface area contributed by atoms with Gasteiger partial charge in [-0.1, -0.05) is 11.6 Å². The van der Waals surface area contributed by atoms with Crippen molar-refractivity contribution < 1.29 is 9.59 Å². The highest BCUT2D eigenvalue weighted by atomic mass is 35.5. The zero-order valence-corrected chi connectivity index (χ0v) is 21.5. The van der Waals surface area contributed by atoms with E-state index in [1.807, 2.05) is 24.9 Å². The lowest BCUT2D eigenvalue weighted by molar-refractivity contribution is -0.127. The SMILES string of the molecule is CCn1c(=O)c2cc(NC(=O)[C@@H]3CN(C)C[C@@H]3C(=O)Nc3ccc(C#N)c(Cl)c3)ccc2n(CC)c1=O. The van der Waals surface area contributed by atoms with Crippen molar-refractivity contribution in [2.45, 2.75) is 26.9 Å². The third-order valence-corrected chi connectivity index (χ3v) is 6.97. The molecule has 0 saturated carbocycles. The summed E-state index contributed by atoms with van der Waals surface area (Å²) in [7, 11) is 1.83. The first-order valence-electron chi connectivity index (χ1n) is 12.0. The maximum absolute atomic E-state index is 13.3. The van der Waals surface area contributed by atoms with Crippen LogP contribution in [-0.4, -0.2) is 46.0 Å². The standard InChI is InChI=1S/C26H27ClN6O4/c1-4-32-22-9-8-16(10-18(22)25(36)33(5-2)26(32)37)29-23(34)19-13-31(3)14-20(19)24(35)30-17-7-6-15(12-28)21(27)11-17/h6-11,19-20H,4-5,13-14H2,1-3H3,(H,29,34)(H,30,35)/t19-,20+/m1/s1. The molecule has 0 bridgehead atoms. The number of anilines is 2. The number of likely N-dealkylation sites (tertiary alicyclic amines) is 1. The van der Waals surface area contributed by atoms with Crippen LogP contribution >= 0.6 is 11.6 Å². The number of aryl methyl sites for hydroxylation is 1. The van der Waals surface area contributed by atoms with Crippen LogP contribution in [0.2, 0.25) is 5.02 Å². The van der Waals surface area contributed by atoms with E-state index in [1.165, 1.54) is 21.3 Å². The molecular formula is C26H27ClN6O4. The number of halogens is 1. The van der Waals surface area contributed by atoms with Gasteiger partial charge in [0.15, 0.2) is 0 Å². The lowest BCUT2D eigenvalue weighted by Crippen LogP contribution is -2.39. The molecule has 4 rings (SSSR count). The molecule has 2 aromatic carbocycles. The number of carbonyl (C=O) groups is 2. The quantitative estimate of drug-likeness (QED) is 0.511. The van der Waals surface area contributed by atoms with Gasteiger partial charge in [0.05, 0.1) is 33.3 Å². The van der Waals surface area contributed by atoms with Crippen molar-refractivity contribution in [3.05, 3.63) is 67.8 Å². The molecule has 2 amide bonds. The van der Waals surface area contributed by atoms with Gasteiger partial charge in [0.25, 0.3) is 5.56 Å². The van der Waals surface area contributed by atoms with E-state index in [0.717, 1.165) is 0 Å². The van der Waals surface area contributed by atoms with E-state index in [4.69, 9.17) is 16.9 Å². The van der Waals surface area contributed by atoms with Gasteiger partial charge in [-0.2, -0.15) is 5.26 Å². The van der Waals surface area contributed by atoms with Gasteiger partial charge < -0.3 is 15.5 Å². The van der Waals surface area contributed by atoms with Crippen LogP contribution in [0.4, 0.5) is 11.4 Å². The number of nitrogens with one attached hydrogen (secondary N) is 2. The molecule has 1 saturated heterocycles. The highest BCUT2D eigenvalue weighted by Crippen LogP contribution is 2.27. The first kappa shape index (κ1) is 26.1. The Bertz CT molecular complexity index is 1550. The number of fused-ring (bicyclic) bond motifs is 1. The number of hydrogen-bond donors (Lipinski definition) is 2. The lowest BCUT2D eigenvalue weighted by atomic mass is 9.94. The Balaban J connectivity index is 1.57. The summed E-state index contributed by atoms with van der Waals surface area (Å²) >= 11 is 6.08. The smallest absolute Gasteiger partial charge is 0.326 e. The van der Waals surface area contributed by atoms with Crippen molar-refractivity contribution in [1.29, 1.82) is 5.26 Å². The Morgan fingerprint density at radius 3 is 2.08 bits per heavy atom. The maximum Gasteiger partial charge on any atom is 0.331 e. The van der Waals surface area contributed by atoms with Crippen molar-refractivity contribution >= 4 is 45.7 Å². The predicted octanol–water partition coefficient (Wildman–Crippen LogP) is 2.48. The van der Waals surface area contributed by atoms with Crippen LogP contribution in [-0.2, 0) is 22.7 Å². The molecule has 37 heavy (non-hydrogen) atoms. The van der Waals surface area contributed by atoms with E-state index < -0.39 is 17.4 Å². The second kappa shape index (κ2) is 10.6. The average molecular weight is 523 g/mol. The number of hydrogen-bond acceptors (Lipinski definition) is 6. The van der Waals surface area contributed by atoms with E-state index in [9.17, 15) is 19.2 Å². The molecule has 1 aliphatic heterocycles. The third-order valence-electron chi connectivity index (χ3n) is 6.66. The van der Waals surface area contributed by atoms with Crippen LogP contribution in [0.5, 0.6) is 0 Å². The van der Waals surface area contributed by atoms with Crippen LogP contribution < -0.4 is 21.9 Å². The molecule has 0 unspecified atom stereocenters. The number of benzene rings is 2. The average Bonchev–Trinajstić information content (AvgIpc) is 3.27. The third kappa shape index (κ3) is 5.01. The molecule has 2 heterocycles. The van der Waals surface area contributed by atoms with Crippen LogP contribution in [0.3, 0.4) is 0 Å². The topological polar surface area (TPSA) is 129 Å². The van der Waals surface area contributed by atoms with E-state index >= 15 is 0 Å². The van der Waals surface area contributed by atoms with Gasteiger partial charge in [0.1, 0.15) is 6.07 Å². The van der Waals surface area contributed by atoms with Gasteiger partial charge in [-0.3, -0.25) is 23.5 Å². The van der Waals surface area contributed by atoms with Crippen molar-refractivity contribution in [3.63, 3.8) is 0 Å². The Kier molecular flexibility index (Phi) is 7.47. The fraction of sp³-hybridized carbons (Fsp3) is 0.346. The minimum Gasteiger partial charge on any atom is -0.326 e. The number of carbonyl (C=O) groups excluding carboxylic acids is 2. The zero-order chi connectivity index (χ0) is 26.9. The normalized spacial score (nSPS) is 17.5. The number of amides is 2. The molecule has 10 nitrogen and oxygen atoms in total. The minimum absolute atomic E-state index is 0.227. The number of aromatic nitrogens is 2. The fourth-order valence-electron chi connectivity index (χ4n) is 4.77. The first-order chi connectivity index (χ1) is 17.7. The van der Waals surface area contributed by atoms with Crippen LogP contribution in [0.15, 0.2) is 46.0 Å². The Morgan fingerprint density at radius 1 is 0.973 bits per heavy atom. The molecule has 11 heteroatoms. The lowest BCUT2D eigenvalue weighted by Gasteiger charge is -2.18. The summed E-state index contributed by atoms with van der Waals surface area (Å²) in [5, 5.41) is 15.2. The van der Waals surface area contributed by atoms with Gasteiger partial charge in [-0.05, 0) is 57.3 Å². The van der Waals surface area contributed by atoms with E-state index in [0.29, 0.717) is 47.5 Å². The summed E-state index contributed by atoms with van der Waals surface area (Å²) in [4.78, 5) is 53.8. The summed E-state index contributed by atoms with van der Waals surface area (Å²) in [6.07, 6.45) is 0. The largest absolute Gasteiger partial charge is 0.331 e. The van der Waals surface area contributed by atoms with Crippen LogP contribution in [0.25, 0.3) is 10.9 Å². The molecule has 192 valence electrons. The summed E-state index contributed by atoms with van der Waals surface area (Å²) < 4.78 is 2.69. The van der Waals surface area contributed by atoms with Gasteiger partial charge in [0, 0.05) is 37.6 Å². The molecule has 1 aromatic heterocycles. The molecule has 1 aliphatic rings. The van der Waals surface area contributed by atoms with Gasteiger partial charge in [-0.25, -0.2) is 4.79 Å². The molecule has 0 aliphatic carbocycles. The molecule has 2 atom stereocenters. The Morgan fingerprint density at radius 2 is 1.54 bits per heavy atom. The first-order valence-corrected chi connectivity index (χ1v) is 12.3. The molecule has 2 N–H and O–H groups in total. The molecular weight excluding hydrogens is 496 g/mol. The van der Waals surface area contributed by atoms with Crippen LogP contribution in [0, 0.1) is 23.2 Å². The van der Waals surface area contributed by atoms with Gasteiger partial charge in [-0.15, -0.1) is 0 Å². The molecule has 1 fully saturated rings. The summed E-state index contributed by atoms with van der Waals surface area (Å²) in [5.41, 5.74) is 0.860. The summed E-state index contributed by atoms with van der Waals surface area (Å²) in [6.45, 7) is 4.96. The van der Waals surface area contributed by atoms with Crippen molar-refractivity contribution in [1.82, 2.24) is 14.0 Å². The van der Waals surface area contributed by atoms with Crippen LogP contribution in [0.1, 0.15) is 19.4 Å². The second-order valence-electron chi connectivity index (χ2n) is 9.03. The maximum atomic E-state index is 13.3.